The monoisotopic (exact) mass is 337 g/mol. The van der Waals surface area contributed by atoms with Gasteiger partial charge in [0.15, 0.2) is 0 Å². The van der Waals surface area contributed by atoms with Crippen molar-refractivity contribution in [1.29, 1.82) is 0 Å². The Morgan fingerprint density at radius 1 is 1.12 bits per heavy atom. The zero-order valence-corrected chi connectivity index (χ0v) is 14.7. The first-order valence-corrected chi connectivity index (χ1v) is 9.38. The first-order chi connectivity index (χ1) is 11.6. The van der Waals surface area contributed by atoms with Gasteiger partial charge in [-0.05, 0) is 31.2 Å². The lowest BCUT2D eigenvalue weighted by Crippen LogP contribution is -2.28. The van der Waals surface area contributed by atoms with Crippen LogP contribution in [-0.2, 0) is 4.57 Å². The Morgan fingerprint density at radius 2 is 1.79 bits per heavy atom. The number of fused-ring (bicyclic) bond motifs is 3. The molecule has 3 nitrogen and oxygen atoms in total. The van der Waals surface area contributed by atoms with Crippen molar-refractivity contribution in [3.05, 3.63) is 85.1 Å². The predicted octanol–water partition coefficient (Wildman–Crippen LogP) is 5.14. The lowest BCUT2D eigenvalue weighted by Gasteiger charge is -2.35. The average Bonchev–Trinajstić information content (AvgIpc) is 2.61. The summed E-state index contributed by atoms with van der Waals surface area (Å²) in [6, 6.07) is 15.4. The Kier molecular flexibility index (Phi) is 4.46. The molecule has 0 saturated heterocycles. The maximum absolute atomic E-state index is 13.9. The molecule has 0 spiro atoms. The van der Waals surface area contributed by atoms with Crippen LogP contribution < -0.4 is 9.83 Å². The van der Waals surface area contributed by atoms with Crippen LogP contribution in [0.4, 0.5) is 0 Å². The van der Waals surface area contributed by atoms with E-state index in [1.807, 2.05) is 73.7 Å². The van der Waals surface area contributed by atoms with Gasteiger partial charge >= 0.3 is 7.52 Å². The summed E-state index contributed by atoms with van der Waals surface area (Å²) in [6.45, 7) is 5.67. The van der Waals surface area contributed by atoms with E-state index in [0.717, 1.165) is 16.8 Å². The Bertz CT molecular complexity index is 883. The molecule has 0 radical (unpaired) electrons. The highest BCUT2D eigenvalue weighted by Crippen LogP contribution is 2.57. The SMILES string of the molecule is C=C/C=C(\C=C/C)N(C)P1(=O)Oc2ccccc2-c2ccccc21. The van der Waals surface area contributed by atoms with Crippen LogP contribution in [0.15, 0.2) is 85.1 Å². The van der Waals surface area contributed by atoms with Crippen LogP contribution in [0, 0.1) is 0 Å². The standard InChI is InChI=1S/C20H20NO2P/c1-4-10-16(11-5-2)21(3)24(22)20-15-9-7-13-18(20)17-12-6-8-14-19(17)23-24/h4-15H,1H2,2-3H3/b11-5-,16-10+. The summed E-state index contributed by atoms with van der Waals surface area (Å²) in [7, 11) is -1.48. The molecular weight excluding hydrogens is 317 g/mol. The summed E-state index contributed by atoms with van der Waals surface area (Å²) in [5, 5.41) is 0.714. The third-order valence-corrected chi connectivity index (χ3v) is 6.47. The summed E-state index contributed by atoms with van der Waals surface area (Å²) in [5.74, 6) is 0.643. The Balaban J connectivity index is 2.20. The number of rotatable bonds is 4. The minimum absolute atomic E-state index is 0.643. The van der Waals surface area contributed by atoms with Gasteiger partial charge < -0.3 is 4.52 Å². The van der Waals surface area contributed by atoms with Crippen LogP contribution in [-0.4, -0.2) is 11.7 Å². The Hall–Kier alpha value is -2.51. The second-order valence-electron chi connectivity index (χ2n) is 5.48. The number of para-hydroxylation sites is 1. The minimum atomic E-state index is -3.28. The van der Waals surface area contributed by atoms with Crippen molar-refractivity contribution in [2.24, 2.45) is 0 Å². The molecule has 0 N–H and O–H groups in total. The van der Waals surface area contributed by atoms with Crippen LogP contribution in [0.2, 0.25) is 0 Å². The van der Waals surface area contributed by atoms with E-state index < -0.39 is 7.52 Å². The Morgan fingerprint density at radius 3 is 2.50 bits per heavy atom. The van der Waals surface area contributed by atoms with E-state index >= 15 is 0 Å². The lowest BCUT2D eigenvalue weighted by atomic mass is 10.0. The molecule has 122 valence electrons. The first-order valence-electron chi connectivity index (χ1n) is 7.80. The normalized spacial score (nSPS) is 19.3. The third-order valence-electron chi connectivity index (χ3n) is 4.00. The largest absolute Gasteiger partial charge is 0.425 e. The van der Waals surface area contributed by atoms with E-state index in [1.165, 1.54) is 0 Å². The highest BCUT2D eigenvalue weighted by atomic mass is 31.2. The average molecular weight is 337 g/mol. The topological polar surface area (TPSA) is 29.5 Å². The summed E-state index contributed by atoms with van der Waals surface area (Å²) >= 11 is 0. The van der Waals surface area contributed by atoms with Crippen molar-refractivity contribution in [1.82, 2.24) is 4.67 Å². The number of allylic oxidation sites excluding steroid dienone is 4. The smallest absolute Gasteiger partial charge is 0.374 e. The van der Waals surface area contributed by atoms with Gasteiger partial charge in [0, 0.05) is 23.9 Å². The number of nitrogens with zero attached hydrogens (tertiary/aromatic N) is 1. The van der Waals surface area contributed by atoms with Crippen molar-refractivity contribution >= 4 is 12.8 Å². The van der Waals surface area contributed by atoms with Gasteiger partial charge in [0.2, 0.25) is 0 Å². The second kappa shape index (κ2) is 6.54. The van der Waals surface area contributed by atoms with Gasteiger partial charge in [0.1, 0.15) is 5.75 Å². The lowest BCUT2D eigenvalue weighted by molar-refractivity contribution is 0.434. The van der Waals surface area contributed by atoms with Crippen molar-refractivity contribution in [2.45, 2.75) is 6.92 Å². The number of hydrogen-bond acceptors (Lipinski definition) is 2. The zero-order valence-electron chi connectivity index (χ0n) is 13.8. The molecule has 3 rings (SSSR count). The molecule has 1 atom stereocenters. The highest BCUT2D eigenvalue weighted by Gasteiger charge is 2.40. The maximum atomic E-state index is 13.9. The summed E-state index contributed by atoms with van der Waals surface area (Å²) < 4.78 is 21.7. The van der Waals surface area contributed by atoms with Gasteiger partial charge in [0.05, 0.1) is 5.30 Å². The predicted molar refractivity (Wildman–Crippen MR) is 101 cm³/mol. The van der Waals surface area contributed by atoms with E-state index in [9.17, 15) is 4.57 Å². The number of likely N-dealkylation sites (N-methyl/N-ethyl adjacent to an activating group) is 1. The molecule has 0 bridgehead atoms. The van der Waals surface area contributed by atoms with Gasteiger partial charge in [-0.25, -0.2) is 4.57 Å². The highest BCUT2D eigenvalue weighted by molar-refractivity contribution is 7.65. The third kappa shape index (κ3) is 2.61. The number of benzene rings is 2. The summed E-state index contributed by atoms with van der Waals surface area (Å²) in [5.41, 5.74) is 2.70. The molecule has 1 aliphatic heterocycles. The molecule has 0 fully saturated rings. The van der Waals surface area contributed by atoms with Gasteiger partial charge in [-0.1, -0.05) is 55.1 Å². The summed E-state index contributed by atoms with van der Waals surface area (Å²) in [6.07, 6.45) is 7.31. The van der Waals surface area contributed by atoms with Crippen LogP contribution in [0.3, 0.4) is 0 Å². The first kappa shape index (κ1) is 16.4. The van der Waals surface area contributed by atoms with E-state index in [2.05, 4.69) is 6.58 Å². The molecular formula is C20H20NO2P. The van der Waals surface area contributed by atoms with E-state index in [-0.39, 0.29) is 0 Å². The van der Waals surface area contributed by atoms with Crippen molar-refractivity contribution in [2.75, 3.05) is 7.05 Å². The fourth-order valence-electron chi connectivity index (χ4n) is 2.84. The molecule has 2 aromatic carbocycles. The van der Waals surface area contributed by atoms with Gasteiger partial charge in [-0.2, -0.15) is 0 Å². The maximum Gasteiger partial charge on any atom is 0.374 e. The van der Waals surface area contributed by atoms with Crippen LogP contribution >= 0.6 is 7.52 Å². The van der Waals surface area contributed by atoms with Crippen LogP contribution in [0.25, 0.3) is 11.1 Å². The molecule has 0 aromatic heterocycles. The fraction of sp³-hybridized carbons (Fsp3) is 0.100. The molecule has 24 heavy (non-hydrogen) atoms. The fourth-order valence-corrected chi connectivity index (χ4v) is 5.02. The Labute approximate surface area is 143 Å². The second-order valence-corrected chi connectivity index (χ2v) is 7.78. The van der Waals surface area contributed by atoms with Crippen molar-refractivity contribution in [3.8, 4) is 16.9 Å². The minimum Gasteiger partial charge on any atom is -0.425 e. The zero-order chi connectivity index (χ0) is 17.2. The van der Waals surface area contributed by atoms with Crippen molar-refractivity contribution in [3.63, 3.8) is 0 Å². The molecule has 2 aromatic rings. The molecule has 0 amide bonds. The van der Waals surface area contributed by atoms with Gasteiger partial charge in [-0.15, -0.1) is 0 Å². The molecule has 1 heterocycles. The molecule has 0 aliphatic carbocycles. The van der Waals surface area contributed by atoms with Crippen molar-refractivity contribution < 1.29 is 9.09 Å². The molecule has 1 unspecified atom stereocenters. The quantitative estimate of drug-likeness (QED) is 0.571. The molecule has 0 saturated carbocycles. The van der Waals surface area contributed by atoms with E-state index in [0.29, 0.717) is 11.1 Å². The van der Waals surface area contributed by atoms with Crippen LogP contribution in [0.5, 0.6) is 5.75 Å². The molecule has 1 aliphatic rings. The molecule has 4 heteroatoms. The number of hydrogen-bond donors (Lipinski definition) is 0. The van der Waals surface area contributed by atoms with E-state index in [1.54, 1.807) is 17.8 Å². The van der Waals surface area contributed by atoms with Gasteiger partial charge in [0.25, 0.3) is 0 Å². The van der Waals surface area contributed by atoms with E-state index in [4.69, 9.17) is 4.52 Å². The summed E-state index contributed by atoms with van der Waals surface area (Å²) in [4.78, 5) is 0. The van der Waals surface area contributed by atoms with Gasteiger partial charge in [-0.3, -0.25) is 4.67 Å². The van der Waals surface area contributed by atoms with Crippen LogP contribution in [0.1, 0.15) is 6.92 Å².